The van der Waals surface area contributed by atoms with Crippen molar-refractivity contribution >= 4 is 35.8 Å². The Labute approximate surface area is 193 Å². The molecule has 0 bridgehead atoms. The summed E-state index contributed by atoms with van der Waals surface area (Å²) in [6.07, 6.45) is 6.25. The van der Waals surface area contributed by atoms with E-state index in [0.29, 0.717) is 18.7 Å². The van der Waals surface area contributed by atoms with Gasteiger partial charge in [0.25, 0.3) is 5.91 Å². The lowest BCUT2D eigenvalue weighted by molar-refractivity contribution is 0.0948. The van der Waals surface area contributed by atoms with Gasteiger partial charge in [-0.15, -0.1) is 24.0 Å². The number of halogens is 1. The van der Waals surface area contributed by atoms with Crippen molar-refractivity contribution in [2.75, 3.05) is 13.6 Å². The number of guanidine groups is 1. The number of aryl methyl sites for hydroxylation is 1. The summed E-state index contributed by atoms with van der Waals surface area (Å²) < 4.78 is 7.14. The van der Waals surface area contributed by atoms with Crippen LogP contribution in [0.3, 0.4) is 0 Å². The van der Waals surface area contributed by atoms with Crippen molar-refractivity contribution in [1.29, 1.82) is 0 Å². The number of furan rings is 1. The fraction of sp³-hybridized carbons (Fsp3) is 0.286. The van der Waals surface area contributed by atoms with Crippen molar-refractivity contribution in [3.8, 4) is 0 Å². The minimum absolute atomic E-state index is 0. The Bertz CT molecular complexity index is 909. The highest BCUT2D eigenvalue weighted by molar-refractivity contribution is 14.0. The van der Waals surface area contributed by atoms with Gasteiger partial charge in [-0.1, -0.05) is 12.1 Å². The Morgan fingerprint density at radius 2 is 2.03 bits per heavy atom. The monoisotopic (exact) mass is 522 g/mol. The largest absolute Gasteiger partial charge is 0.467 e. The number of carbonyl (C=O) groups excluding carboxylic acids is 1. The molecule has 3 aromatic rings. The first-order valence-electron chi connectivity index (χ1n) is 9.56. The van der Waals surface area contributed by atoms with Crippen molar-refractivity contribution < 1.29 is 9.21 Å². The zero-order chi connectivity index (χ0) is 20.3. The average molecular weight is 522 g/mol. The third-order valence-electron chi connectivity index (χ3n) is 4.29. The minimum atomic E-state index is -0.135. The van der Waals surface area contributed by atoms with Gasteiger partial charge in [-0.3, -0.25) is 14.5 Å². The van der Waals surface area contributed by atoms with Gasteiger partial charge < -0.3 is 20.4 Å². The van der Waals surface area contributed by atoms with Gasteiger partial charge in [-0.2, -0.15) is 5.10 Å². The van der Waals surface area contributed by atoms with Gasteiger partial charge in [-0.25, -0.2) is 0 Å². The van der Waals surface area contributed by atoms with Crippen LogP contribution in [0.25, 0.3) is 0 Å². The smallest absolute Gasteiger partial charge is 0.251 e. The first-order chi connectivity index (χ1) is 14.2. The van der Waals surface area contributed by atoms with Gasteiger partial charge in [0.1, 0.15) is 5.76 Å². The topological polar surface area (TPSA) is 96.5 Å². The summed E-state index contributed by atoms with van der Waals surface area (Å²) in [6.45, 7) is 2.57. The average Bonchev–Trinajstić information content (AvgIpc) is 3.46. The van der Waals surface area contributed by atoms with Crippen molar-refractivity contribution in [2.45, 2.75) is 26.1 Å². The summed E-state index contributed by atoms with van der Waals surface area (Å²) in [6, 6.07) is 13.1. The molecule has 1 amide bonds. The fourth-order valence-corrected chi connectivity index (χ4v) is 2.79. The third-order valence-corrected chi connectivity index (χ3v) is 4.29. The molecule has 3 N–H and O–H groups in total. The molecule has 9 heteroatoms. The van der Waals surface area contributed by atoms with Crippen LogP contribution in [0.1, 0.15) is 28.1 Å². The Morgan fingerprint density at radius 3 is 2.77 bits per heavy atom. The number of hydrogen-bond donors (Lipinski definition) is 3. The molecule has 0 aliphatic heterocycles. The molecule has 0 aliphatic rings. The number of carbonyl (C=O) groups is 1. The van der Waals surface area contributed by atoms with Gasteiger partial charge >= 0.3 is 0 Å². The van der Waals surface area contributed by atoms with Crippen LogP contribution in [0.2, 0.25) is 0 Å². The molecule has 0 saturated carbocycles. The molecule has 0 radical (unpaired) electrons. The summed E-state index contributed by atoms with van der Waals surface area (Å²) in [5.74, 6) is 1.31. The van der Waals surface area contributed by atoms with Gasteiger partial charge in [0, 0.05) is 44.6 Å². The van der Waals surface area contributed by atoms with E-state index >= 15 is 0 Å². The zero-order valence-corrected chi connectivity index (χ0v) is 19.2. The zero-order valence-electron chi connectivity index (χ0n) is 16.9. The van der Waals surface area contributed by atoms with E-state index in [9.17, 15) is 4.79 Å². The minimum Gasteiger partial charge on any atom is -0.467 e. The number of nitrogens with zero attached hydrogens (tertiary/aromatic N) is 3. The number of aliphatic imine (C=N–C) groups is 1. The molecule has 8 nitrogen and oxygen atoms in total. The standard InChI is InChI=1S/C21H26N6O2.HI/c1-22-21(23-9-4-11-27-12-5-10-26-27)25-15-17-6-2-7-18(14-17)20(28)24-16-19-8-3-13-29-19;/h2-3,5-8,10,12-14H,4,9,11,15-16H2,1H3,(H,24,28)(H2,22,23,25);1H. The molecular weight excluding hydrogens is 495 g/mol. The molecule has 0 unspecified atom stereocenters. The first kappa shape index (κ1) is 23.5. The summed E-state index contributed by atoms with van der Waals surface area (Å²) >= 11 is 0. The molecule has 0 aliphatic carbocycles. The van der Waals surface area contributed by atoms with Crippen LogP contribution < -0.4 is 16.0 Å². The molecule has 160 valence electrons. The van der Waals surface area contributed by atoms with E-state index in [0.717, 1.165) is 36.8 Å². The first-order valence-corrected chi connectivity index (χ1v) is 9.56. The maximum Gasteiger partial charge on any atom is 0.251 e. The van der Waals surface area contributed by atoms with Crippen LogP contribution in [0.5, 0.6) is 0 Å². The molecular formula is C21H27IN6O2. The fourth-order valence-electron chi connectivity index (χ4n) is 2.79. The van der Waals surface area contributed by atoms with E-state index in [2.05, 4.69) is 26.0 Å². The lowest BCUT2D eigenvalue weighted by atomic mass is 10.1. The van der Waals surface area contributed by atoms with E-state index in [1.54, 1.807) is 31.6 Å². The van der Waals surface area contributed by atoms with Crippen molar-refractivity contribution in [3.63, 3.8) is 0 Å². The van der Waals surface area contributed by atoms with E-state index in [1.165, 1.54) is 0 Å². The predicted molar refractivity (Wildman–Crippen MR) is 127 cm³/mol. The van der Waals surface area contributed by atoms with Crippen LogP contribution in [0, 0.1) is 0 Å². The Balaban J connectivity index is 0.00000320. The van der Waals surface area contributed by atoms with E-state index in [4.69, 9.17) is 4.42 Å². The quantitative estimate of drug-likeness (QED) is 0.174. The maximum absolute atomic E-state index is 12.3. The van der Waals surface area contributed by atoms with Crippen LogP contribution >= 0.6 is 24.0 Å². The van der Waals surface area contributed by atoms with E-state index in [1.807, 2.05) is 41.2 Å². The normalized spacial score (nSPS) is 10.9. The van der Waals surface area contributed by atoms with Crippen molar-refractivity contribution in [3.05, 3.63) is 78.0 Å². The summed E-state index contributed by atoms with van der Waals surface area (Å²) in [7, 11) is 1.74. The predicted octanol–water partition coefficient (Wildman–Crippen LogP) is 2.78. The second-order valence-corrected chi connectivity index (χ2v) is 6.44. The number of rotatable bonds is 9. The molecule has 0 saturated heterocycles. The summed E-state index contributed by atoms with van der Waals surface area (Å²) in [5, 5.41) is 13.6. The molecule has 1 aromatic carbocycles. The summed E-state index contributed by atoms with van der Waals surface area (Å²) in [4.78, 5) is 16.6. The highest BCUT2D eigenvalue weighted by atomic mass is 127. The second-order valence-electron chi connectivity index (χ2n) is 6.44. The number of nitrogens with one attached hydrogen (secondary N) is 3. The van der Waals surface area contributed by atoms with Crippen molar-refractivity contribution in [1.82, 2.24) is 25.7 Å². The van der Waals surface area contributed by atoms with Gasteiger partial charge in [0.15, 0.2) is 5.96 Å². The molecule has 2 aromatic heterocycles. The van der Waals surface area contributed by atoms with Crippen molar-refractivity contribution in [2.24, 2.45) is 4.99 Å². The van der Waals surface area contributed by atoms with Gasteiger partial charge in [0.2, 0.25) is 0 Å². The number of amides is 1. The number of benzene rings is 1. The van der Waals surface area contributed by atoms with E-state index < -0.39 is 0 Å². The van der Waals surface area contributed by atoms with Gasteiger partial charge in [0.05, 0.1) is 12.8 Å². The van der Waals surface area contributed by atoms with E-state index in [-0.39, 0.29) is 29.9 Å². The van der Waals surface area contributed by atoms with Crippen LogP contribution in [0.4, 0.5) is 0 Å². The van der Waals surface area contributed by atoms with Crippen LogP contribution in [0.15, 0.2) is 70.5 Å². The number of hydrogen-bond acceptors (Lipinski definition) is 4. The molecule has 3 rings (SSSR count). The Morgan fingerprint density at radius 1 is 1.13 bits per heavy atom. The summed E-state index contributed by atoms with van der Waals surface area (Å²) in [5.41, 5.74) is 1.60. The molecule has 0 atom stereocenters. The Hall–Kier alpha value is -2.82. The lowest BCUT2D eigenvalue weighted by Crippen LogP contribution is -2.37. The SMILES string of the molecule is CN=C(NCCCn1cccn1)NCc1cccc(C(=O)NCc2ccco2)c1.I. The molecule has 2 heterocycles. The van der Waals surface area contributed by atoms with Gasteiger partial charge in [-0.05, 0) is 42.3 Å². The molecule has 0 spiro atoms. The molecule has 30 heavy (non-hydrogen) atoms. The Kier molecular flexibility index (Phi) is 9.92. The molecule has 0 fully saturated rings. The second kappa shape index (κ2) is 12.7. The highest BCUT2D eigenvalue weighted by Crippen LogP contribution is 2.06. The third kappa shape index (κ3) is 7.54. The van der Waals surface area contributed by atoms with Crippen LogP contribution in [-0.4, -0.2) is 35.2 Å². The van der Waals surface area contributed by atoms with Crippen LogP contribution in [-0.2, 0) is 19.6 Å². The highest BCUT2D eigenvalue weighted by Gasteiger charge is 2.07. The maximum atomic E-state index is 12.3. The lowest BCUT2D eigenvalue weighted by Gasteiger charge is -2.12. The number of aromatic nitrogens is 2.